The number of aryl methyl sites for hydroxylation is 1. The van der Waals surface area contributed by atoms with Gasteiger partial charge >= 0.3 is 0 Å². The van der Waals surface area contributed by atoms with E-state index in [1.807, 2.05) is 6.33 Å². The van der Waals surface area contributed by atoms with Crippen LogP contribution in [0.2, 0.25) is 0 Å². The Morgan fingerprint density at radius 1 is 1.33 bits per heavy atom. The minimum atomic E-state index is 0.529. The van der Waals surface area contributed by atoms with Gasteiger partial charge in [-0.15, -0.1) is 0 Å². The molecule has 1 aromatic rings. The van der Waals surface area contributed by atoms with Gasteiger partial charge in [0.15, 0.2) is 0 Å². The van der Waals surface area contributed by atoms with Crippen molar-refractivity contribution in [3.63, 3.8) is 0 Å². The van der Waals surface area contributed by atoms with E-state index < -0.39 is 0 Å². The summed E-state index contributed by atoms with van der Waals surface area (Å²) in [4.78, 5) is 4.57. The maximum Gasteiger partial charge on any atom is 0.0954 e. The molecule has 1 unspecified atom stereocenters. The van der Waals surface area contributed by atoms with Crippen LogP contribution in [0.25, 0.3) is 0 Å². The summed E-state index contributed by atoms with van der Waals surface area (Å²) in [5.41, 5.74) is 2.84. The van der Waals surface area contributed by atoms with Gasteiger partial charge in [-0.1, -0.05) is 19.8 Å². The summed E-state index contributed by atoms with van der Waals surface area (Å²) in [6.45, 7) is 6.76. The van der Waals surface area contributed by atoms with Gasteiger partial charge in [-0.05, 0) is 45.6 Å². The van der Waals surface area contributed by atoms with E-state index in [0.29, 0.717) is 6.04 Å². The van der Waals surface area contributed by atoms with Gasteiger partial charge in [0.25, 0.3) is 0 Å². The summed E-state index contributed by atoms with van der Waals surface area (Å²) < 4.78 is 2.39. The summed E-state index contributed by atoms with van der Waals surface area (Å²) in [6, 6.07) is 0.529. The van der Waals surface area contributed by atoms with Gasteiger partial charge in [0.1, 0.15) is 0 Å². The monoisotopic (exact) mass is 249 g/mol. The van der Waals surface area contributed by atoms with Crippen molar-refractivity contribution in [2.75, 3.05) is 13.1 Å². The molecule has 0 fully saturated rings. The zero-order valence-electron chi connectivity index (χ0n) is 11.9. The van der Waals surface area contributed by atoms with Crippen molar-refractivity contribution in [1.82, 2.24) is 14.9 Å². The Morgan fingerprint density at radius 2 is 2.17 bits per heavy atom. The number of hydrogen-bond donors (Lipinski definition) is 1. The van der Waals surface area contributed by atoms with Crippen molar-refractivity contribution in [1.29, 1.82) is 0 Å². The molecule has 1 atom stereocenters. The average Bonchev–Trinajstić information content (AvgIpc) is 2.82. The molecule has 3 heteroatoms. The van der Waals surface area contributed by atoms with E-state index in [4.69, 9.17) is 0 Å². The van der Waals surface area contributed by atoms with Crippen molar-refractivity contribution in [3.8, 4) is 0 Å². The summed E-state index contributed by atoms with van der Waals surface area (Å²) in [5, 5.41) is 3.57. The first-order valence-electron chi connectivity index (χ1n) is 7.58. The lowest BCUT2D eigenvalue weighted by Crippen LogP contribution is -2.25. The predicted octanol–water partition coefficient (Wildman–Crippen LogP) is 3.10. The fourth-order valence-electron chi connectivity index (χ4n) is 2.78. The number of fused-ring (bicyclic) bond motifs is 1. The van der Waals surface area contributed by atoms with E-state index in [0.717, 1.165) is 13.1 Å². The van der Waals surface area contributed by atoms with Gasteiger partial charge in [0.05, 0.1) is 12.0 Å². The van der Waals surface area contributed by atoms with E-state index in [1.165, 1.54) is 56.3 Å². The fraction of sp³-hybridized carbons (Fsp3) is 0.800. The smallest absolute Gasteiger partial charge is 0.0954 e. The normalized spacial score (nSPS) is 16.6. The van der Waals surface area contributed by atoms with Gasteiger partial charge in [-0.2, -0.15) is 0 Å². The number of aromatic nitrogens is 2. The van der Waals surface area contributed by atoms with E-state index in [1.54, 1.807) is 0 Å². The summed E-state index contributed by atoms with van der Waals surface area (Å²) in [7, 11) is 0. The largest absolute Gasteiger partial charge is 0.330 e. The second-order valence-corrected chi connectivity index (χ2v) is 5.51. The number of unbranched alkanes of at least 4 members (excludes halogenated alkanes) is 2. The van der Waals surface area contributed by atoms with Crippen LogP contribution in [0, 0.1) is 0 Å². The quantitative estimate of drug-likeness (QED) is 0.753. The molecule has 2 rings (SSSR count). The van der Waals surface area contributed by atoms with Crippen LogP contribution in [0.1, 0.15) is 63.4 Å². The fourth-order valence-corrected chi connectivity index (χ4v) is 2.78. The minimum absolute atomic E-state index is 0.529. The lowest BCUT2D eigenvalue weighted by Gasteiger charge is -2.20. The van der Waals surface area contributed by atoms with E-state index in [9.17, 15) is 0 Å². The molecule has 0 radical (unpaired) electrons. The van der Waals surface area contributed by atoms with E-state index in [-0.39, 0.29) is 0 Å². The molecule has 0 saturated heterocycles. The molecule has 102 valence electrons. The number of imidazole rings is 1. The van der Waals surface area contributed by atoms with Crippen LogP contribution in [0.15, 0.2) is 6.33 Å². The maximum absolute atomic E-state index is 4.57. The van der Waals surface area contributed by atoms with Gasteiger partial charge in [0, 0.05) is 18.3 Å². The Bertz CT molecular complexity index is 357. The van der Waals surface area contributed by atoms with Crippen molar-refractivity contribution >= 4 is 0 Å². The Kier molecular flexibility index (Phi) is 5.24. The molecule has 1 N–H and O–H groups in total. The predicted molar refractivity (Wildman–Crippen MR) is 76.0 cm³/mol. The Balaban J connectivity index is 1.81. The topological polar surface area (TPSA) is 29.9 Å². The first-order valence-corrected chi connectivity index (χ1v) is 7.58. The third-order valence-electron chi connectivity index (χ3n) is 3.93. The molecule has 1 aliphatic carbocycles. The number of nitrogens with zero attached hydrogens (tertiary/aromatic N) is 2. The molecule has 0 bridgehead atoms. The molecule has 18 heavy (non-hydrogen) atoms. The Hall–Kier alpha value is -0.830. The highest BCUT2D eigenvalue weighted by atomic mass is 15.1. The first kappa shape index (κ1) is 13.6. The van der Waals surface area contributed by atoms with Gasteiger partial charge in [-0.25, -0.2) is 4.98 Å². The molecule has 0 aliphatic heterocycles. The molecular weight excluding hydrogens is 222 g/mol. The van der Waals surface area contributed by atoms with Crippen LogP contribution in [0.5, 0.6) is 0 Å². The van der Waals surface area contributed by atoms with Crippen molar-refractivity contribution in [3.05, 3.63) is 17.7 Å². The SMILES string of the molecule is CCCCCNCC(C)n1cnc2c1CCCC2. The van der Waals surface area contributed by atoms with Crippen LogP contribution >= 0.6 is 0 Å². The standard InChI is InChI=1S/C15H27N3/c1-3-4-7-10-16-11-13(2)18-12-17-14-8-5-6-9-15(14)18/h12-13,16H,3-11H2,1-2H3. The third-order valence-corrected chi connectivity index (χ3v) is 3.93. The summed E-state index contributed by atoms with van der Waals surface area (Å²) in [5.74, 6) is 0. The minimum Gasteiger partial charge on any atom is -0.330 e. The van der Waals surface area contributed by atoms with Crippen LogP contribution in [0.3, 0.4) is 0 Å². The Morgan fingerprint density at radius 3 is 3.00 bits per heavy atom. The molecule has 0 aromatic carbocycles. The molecule has 1 heterocycles. The average molecular weight is 249 g/mol. The second kappa shape index (κ2) is 6.93. The van der Waals surface area contributed by atoms with Crippen LogP contribution in [-0.2, 0) is 12.8 Å². The van der Waals surface area contributed by atoms with Gasteiger partial charge in [-0.3, -0.25) is 0 Å². The summed E-state index contributed by atoms with van der Waals surface area (Å²) >= 11 is 0. The van der Waals surface area contributed by atoms with Crippen molar-refractivity contribution < 1.29 is 0 Å². The zero-order chi connectivity index (χ0) is 12.8. The van der Waals surface area contributed by atoms with E-state index >= 15 is 0 Å². The van der Waals surface area contributed by atoms with Gasteiger partial charge < -0.3 is 9.88 Å². The first-order chi connectivity index (χ1) is 8.83. The lowest BCUT2D eigenvalue weighted by atomic mass is 10.0. The number of rotatable bonds is 7. The molecular formula is C15H27N3. The highest BCUT2D eigenvalue weighted by Gasteiger charge is 2.17. The van der Waals surface area contributed by atoms with Crippen LogP contribution < -0.4 is 5.32 Å². The number of nitrogens with one attached hydrogen (secondary N) is 1. The molecule has 0 saturated carbocycles. The summed E-state index contributed by atoms with van der Waals surface area (Å²) in [6.07, 6.45) is 11.0. The highest BCUT2D eigenvalue weighted by molar-refractivity contribution is 5.17. The zero-order valence-corrected chi connectivity index (χ0v) is 11.9. The molecule has 3 nitrogen and oxygen atoms in total. The van der Waals surface area contributed by atoms with Crippen LogP contribution in [-0.4, -0.2) is 22.6 Å². The van der Waals surface area contributed by atoms with Crippen LogP contribution in [0.4, 0.5) is 0 Å². The molecule has 1 aliphatic rings. The highest BCUT2D eigenvalue weighted by Crippen LogP contribution is 2.22. The van der Waals surface area contributed by atoms with Crippen molar-refractivity contribution in [2.24, 2.45) is 0 Å². The third kappa shape index (κ3) is 3.35. The molecule has 0 amide bonds. The number of hydrogen-bond acceptors (Lipinski definition) is 2. The van der Waals surface area contributed by atoms with E-state index in [2.05, 4.69) is 28.7 Å². The maximum atomic E-state index is 4.57. The van der Waals surface area contributed by atoms with Gasteiger partial charge in [0.2, 0.25) is 0 Å². The Labute approximate surface area is 111 Å². The second-order valence-electron chi connectivity index (χ2n) is 5.51. The lowest BCUT2D eigenvalue weighted by molar-refractivity contribution is 0.467. The molecule has 0 spiro atoms. The van der Waals surface area contributed by atoms with Crippen molar-refractivity contribution in [2.45, 2.75) is 64.8 Å². The molecule has 1 aromatic heterocycles.